The molecule has 5 nitrogen and oxygen atoms in total. The number of carbonyl (C=O) groups is 1. The van der Waals surface area contributed by atoms with Gasteiger partial charge >= 0.3 is 0 Å². The van der Waals surface area contributed by atoms with Crippen LogP contribution in [-0.4, -0.2) is 77.9 Å². The first kappa shape index (κ1) is 25.6. The molecule has 2 unspecified atom stereocenters. The van der Waals surface area contributed by atoms with Gasteiger partial charge in [0.25, 0.3) is 0 Å². The van der Waals surface area contributed by atoms with Crippen molar-refractivity contribution in [3.8, 4) is 0 Å². The third kappa shape index (κ3) is 4.37. The summed E-state index contributed by atoms with van der Waals surface area (Å²) in [6.45, 7) is 13.4. The number of fused-ring (bicyclic) bond motifs is 2. The van der Waals surface area contributed by atoms with Gasteiger partial charge in [-0.3, -0.25) is 9.69 Å². The number of benzene rings is 1. The molecule has 4 rings (SSSR count). The summed E-state index contributed by atoms with van der Waals surface area (Å²) in [6.07, 6.45) is 4.27. The number of ketones is 1. The van der Waals surface area contributed by atoms with Crippen molar-refractivity contribution >= 4 is 11.9 Å². The monoisotopic (exact) mass is 506 g/mol. The fourth-order valence-corrected chi connectivity index (χ4v) is 6.35. The minimum absolute atomic E-state index is 0. The standard InChI is InChI=1S/C26H39N2O3.BrH/c1-25(2)23-8-9-26(25,3)24(31)22(23)18-20-4-6-21(7-5-20)19-28(15-17-30)13-10-27(11-14-28)12-16-29;/h4-7,18,23,29-30H,8-17,19H2,1-3H3;1H/q+1;/p-1. The lowest BCUT2D eigenvalue weighted by atomic mass is 9.70. The lowest BCUT2D eigenvalue weighted by molar-refractivity contribution is -0.944. The first-order chi connectivity index (χ1) is 14.7. The van der Waals surface area contributed by atoms with Crippen LogP contribution in [0, 0.1) is 16.7 Å². The number of hydrogen-bond donors (Lipinski definition) is 2. The summed E-state index contributed by atoms with van der Waals surface area (Å²) >= 11 is 0. The molecule has 2 aliphatic carbocycles. The van der Waals surface area contributed by atoms with E-state index in [1.54, 1.807) is 0 Å². The number of β-amino-alcohol motifs (C(OH)–C–C–N with tert-alkyl or cyclic N) is 1. The molecule has 3 aliphatic rings. The Morgan fingerprint density at radius 2 is 1.75 bits per heavy atom. The number of hydrogen-bond acceptors (Lipinski definition) is 4. The molecule has 0 aromatic heterocycles. The normalized spacial score (nSPS) is 30.0. The topological polar surface area (TPSA) is 60.8 Å². The van der Waals surface area contributed by atoms with Gasteiger partial charge in [-0.05, 0) is 41.4 Å². The van der Waals surface area contributed by atoms with Gasteiger partial charge in [-0.2, -0.15) is 0 Å². The largest absolute Gasteiger partial charge is 1.00 e. The highest BCUT2D eigenvalue weighted by molar-refractivity contribution is 6.07. The number of aliphatic hydroxyl groups is 2. The van der Waals surface area contributed by atoms with Crippen molar-refractivity contribution in [2.75, 3.05) is 52.5 Å². The van der Waals surface area contributed by atoms with E-state index in [9.17, 15) is 15.0 Å². The quantitative estimate of drug-likeness (QED) is 0.394. The Kier molecular flexibility index (Phi) is 7.73. The van der Waals surface area contributed by atoms with Gasteiger partial charge in [0.15, 0.2) is 5.78 Å². The van der Waals surface area contributed by atoms with Gasteiger partial charge in [0.1, 0.15) is 13.1 Å². The summed E-state index contributed by atoms with van der Waals surface area (Å²) in [6, 6.07) is 8.67. The third-order valence-electron chi connectivity index (χ3n) is 8.96. The Labute approximate surface area is 203 Å². The van der Waals surface area contributed by atoms with Crippen molar-refractivity contribution in [2.45, 2.75) is 40.2 Å². The molecule has 178 valence electrons. The van der Waals surface area contributed by atoms with Crippen LogP contribution in [0.3, 0.4) is 0 Å². The molecule has 1 aromatic carbocycles. The SMILES string of the molecule is CC12CCC(C(=Cc3ccc(C[N+]4(CCO)CCN(CCO)CC4)cc3)C1=O)C2(C)C.[Br-]. The number of Topliss-reactive ketones (excluding diaryl/α,β-unsaturated/α-hetero) is 1. The van der Waals surface area contributed by atoms with E-state index in [1.165, 1.54) is 5.56 Å². The second-order valence-electron chi connectivity index (χ2n) is 10.8. The van der Waals surface area contributed by atoms with Crippen LogP contribution in [0.2, 0.25) is 0 Å². The summed E-state index contributed by atoms with van der Waals surface area (Å²) in [5.74, 6) is 0.726. The first-order valence-corrected chi connectivity index (χ1v) is 11.9. The lowest BCUT2D eigenvalue weighted by Crippen LogP contribution is -3.00. The van der Waals surface area contributed by atoms with Gasteiger partial charge in [-0.25, -0.2) is 0 Å². The average molecular weight is 508 g/mol. The van der Waals surface area contributed by atoms with Gasteiger partial charge in [0.2, 0.25) is 0 Å². The number of rotatable bonds is 7. The van der Waals surface area contributed by atoms with E-state index in [1.807, 2.05) is 0 Å². The first-order valence-electron chi connectivity index (χ1n) is 11.9. The number of carbonyl (C=O) groups excluding carboxylic acids is 1. The Hall–Kier alpha value is -1.05. The number of halogens is 1. The van der Waals surface area contributed by atoms with Crippen LogP contribution in [0.5, 0.6) is 0 Å². The minimum Gasteiger partial charge on any atom is -1.00 e. The van der Waals surface area contributed by atoms with Crippen molar-refractivity contribution in [2.24, 2.45) is 16.7 Å². The van der Waals surface area contributed by atoms with E-state index >= 15 is 0 Å². The summed E-state index contributed by atoms with van der Waals surface area (Å²) < 4.78 is 0.895. The van der Waals surface area contributed by atoms with E-state index < -0.39 is 0 Å². The molecule has 1 aliphatic heterocycles. The van der Waals surface area contributed by atoms with Crippen LogP contribution < -0.4 is 17.0 Å². The molecule has 3 fully saturated rings. The van der Waals surface area contributed by atoms with E-state index in [2.05, 4.69) is 56.0 Å². The van der Waals surface area contributed by atoms with Crippen LogP contribution in [-0.2, 0) is 11.3 Å². The maximum atomic E-state index is 13.1. The van der Waals surface area contributed by atoms with Crippen LogP contribution in [0.25, 0.3) is 6.08 Å². The number of nitrogens with zero attached hydrogens (tertiary/aromatic N) is 2. The molecule has 2 bridgehead atoms. The molecule has 2 atom stereocenters. The highest BCUT2D eigenvalue weighted by Crippen LogP contribution is 2.65. The van der Waals surface area contributed by atoms with E-state index in [4.69, 9.17) is 0 Å². The van der Waals surface area contributed by atoms with Crippen molar-refractivity contribution in [3.63, 3.8) is 0 Å². The predicted molar refractivity (Wildman–Crippen MR) is 123 cm³/mol. The summed E-state index contributed by atoms with van der Waals surface area (Å²) in [5, 5.41) is 18.9. The number of piperazine rings is 1. The Bertz CT molecular complexity index is 843. The number of quaternary nitrogens is 1. The Morgan fingerprint density at radius 3 is 2.28 bits per heavy atom. The van der Waals surface area contributed by atoms with Gasteiger partial charge in [-0.1, -0.05) is 45.0 Å². The van der Waals surface area contributed by atoms with E-state index in [0.717, 1.165) is 74.3 Å². The highest BCUT2D eigenvalue weighted by atomic mass is 79.9. The molecule has 1 heterocycles. The van der Waals surface area contributed by atoms with Gasteiger partial charge in [0, 0.05) is 30.6 Å². The Balaban J connectivity index is 0.00000289. The average Bonchev–Trinajstić information content (AvgIpc) is 3.05. The van der Waals surface area contributed by atoms with Crippen molar-refractivity contribution in [3.05, 3.63) is 41.0 Å². The van der Waals surface area contributed by atoms with Gasteiger partial charge in [-0.15, -0.1) is 0 Å². The zero-order valence-corrected chi connectivity index (χ0v) is 21.4. The van der Waals surface area contributed by atoms with Gasteiger partial charge in [0.05, 0.1) is 26.3 Å². The maximum Gasteiger partial charge on any atom is 0.165 e. The van der Waals surface area contributed by atoms with Crippen LogP contribution in [0.4, 0.5) is 0 Å². The maximum absolute atomic E-state index is 13.1. The number of aliphatic hydroxyl groups excluding tert-OH is 2. The predicted octanol–water partition coefficient (Wildman–Crippen LogP) is -0.284. The third-order valence-corrected chi connectivity index (χ3v) is 8.96. The second kappa shape index (κ2) is 9.67. The molecular weight excluding hydrogens is 468 g/mol. The molecule has 1 aromatic rings. The second-order valence-corrected chi connectivity index (χ2v) is 10.8. The minimum atomic E-state index is -0.206. The Morgan fingerprint density at radius 1 is 1.09 bits per heavy atom. The highest BCUT2D eigenvalue weighted by Gasteiger charge is 2.63. The van der Waals surface area contributed by atoms with E-state index in [-0.39, 0.29) is 41.0 Å². The van der Waals surface area contributed by atoms with Crippen molar-refractivity contribution in [1.82, 2.24) is 4.90 Å². The summed E-state index contributed by atoms with van der Waals surface area (Å²) in [5.41, 5.74) is 3.26. The smallest absolute Gasteiger partial charge is 0.165 e. The lowest BCUT2D eigenvalue weighted by Gasteiger charge is -2.44. The van der Waals surface area contributed by atoms with Crippen LogP contribution in [0.15, 0.2) is 29.8 Å². The fraction of sp³-hybridized carbons (Fsp3) is 0.654. The molecule has 32 heavy (non-hydrogen) atoms. The molecule has 2 N–H and O–H groups in total. The van der Waals surface area contributed by atoms with Crippen LogP contribution in [0.1, 0.15) is 44.7 Å². The molecule has 1 saturated heterocycles. The zero-order valence-electron chi connectivity index (χ0n) is 19.8. The summed E-state index contributed by atoms with van der Waals surface area (Å²) in [4.78, 5) is 15.4. The number of allylic oxidation sites excluding steroid dienone is 1. The van der Waals surface area contributed by atoms with Crippen molar-refractivity contribution < 1.29 is 36.5 Å². The van der Waals surface area contributed by atoms with Gasteiger partial charge < -0.3 is 31.7 Å². The molecule has 0 radical (unpaired) electrons. The van der Waals surface area contributed by atoms with E-state index in [0.29, 0.717) is 11.7 Å². The van der Waals surface area contributed by atoms with Crippen LogP contribution >= 0.6 is 0 Å². The molecule has 0 spiro atoms. The molecule has 0 amide bonds. The zero-order chi connectivity index (χ0) is 22.3. The molecule has 6 heteroatoms. The molecular formula is C26H39BrN2O3. The van der Waals surface area contributed by atoms with Crippen molar-refractivity contribution in [1.29, 1.82) is 0 Å². The molecule has 2 saturated carbocycles. The fourth-order valence-electron chi connectivity index (χ4n) is 6.35. The summed E-state index contributed by atoms with van der Waals surface area (Å²) in [7, 11) is 0.